The van der Waals surface area contributed by atoms with Crippen LogP contribution >= 0.6 is 0 Å². The molecule has 4 nitrogen and oxygen atoms in total. The van der Waals surface area contributed by atoms with E-state index in [0.717, 1.165) is 22.1 Å². The van der Waals surface area contributed by atoms with Gasteiger partial charge in [-0.05, 0) is 53.9 Å². The Kier molecular flexibility index (Phi) is 4.00. The van der Waals surface area contributed by atoms with Crippen LogP contribution in [0.5, 0.6) is 0 Å². The topological polar surface area (TPSA) is 56.5 Å². The average molecular weight is 362 g/mol. The van der Waals surface area contributed by atoms with Gasteiger partial charge in [-0.25, -0.2) is 4.79 Å². The van der Waals surface area contributed by atoms with Crippen LogP contribution in [0.4, 0.5) is 0 Å². The number of carbonyl (C=O) groups is 1. The molecule has 5 rings (SSSR count). The van der Waals surface area contributed by atoms with Crippen molar-refractivity contribution in [2.45, 2.75) is 38.7 Å². The normalized spacial score (nSPS) is 23.9. The van der Waals surface area contributed by atoms with Crippen LogP contribution in [-0.2, 0) is 16.1 Å². The number of esters is 1. The molecule has 0 spiro atoms. The number of ether oxygens (including phenoxy) is 1. The average Bonchev–Trinajstić information content (AvgIpc) is 3.28. The molecule has 2 fully saturated rings. The summed E-state index contributed by atoms with van der Waals surface area (Å²) in [5.41, 5.74) is 0.816. The van der Waals surface area contributed by atoms with Gasteiger partial charge in [-0.2, -0.15) is 0 Å². The number of benzene rings is 2. The van der Waals surface area contributed by atoms with Crippen LogP contribution in [0.25, 0.3) is 21.7 Å². The van der Waals surface area contributed by atoms with Crippen molar-refractivity contribution < 1.29 is 13.9 Å². The van der Waals surface area contributed by atoms with Crippen LogP contribution in [0.3, 0.4) is 0 Å². The minimum atomic E-state index is -0.420. The molecule has 3 atom stereocenters. The van der Waals surface area contributed by atoms with Crippen molar-refractivity contribution in [1.29, 1.82) is 0 Å². The fraction of sp³-hybridized carbons (Fsp3) is 0.391. The molecular weight excluding hydrogens is 340 g/mol. The molecule has 2 bridgehead atoms. The predicted molar refractivity (Wildman–Crippen MR) is 103 cm³/mol. The van der Waals surface area contributed by atoms with Crippen LogP contribution in [-0.4, -0.2) is 5.97 Å². The Labute approximate surface area is 157 Å². The van der Waals surface area contributed by atoms with Gasteiger partial charge in [0.05, 0.1) is 0 Å². The van der Waals surface area contributed by atoms with E-state index in [0.29, 0.717) is 29.4 Å². The van der Waals surface area contributed by atoms with E-state index in [-0.39, 0.29) is 12.6 Å². The highest BCUT2D eigenvalue weighted by Gasteiger charge is 2.40. The predicted octanol–water partition coefficient (Wildman–Crippen LogP) is 4.82. The van der Waals surface area contributed by atoms with Crippen LogP contribution in [0.15, 0.2) is 51.7 Å². The van der Waals surface area contributed by atoms with E-state index in [1.165, 1.54) is 31.7 Å². The summed E-state index contributed by atoms with van der Waals surface area (Å²) in [5, 5.41) is 2.91. The molecule has 27 heavy (non-hydrogen) atoms. The van der Waals surface area contributed by atoms with Crippen molar-refractivity contribution in [3.05, 3.63) is 58.4 Å². The molecule has 2 aromatic carbocycles. The van der Waals surface area contributed by atoms with E-state index < -0.39 is 5.63 Å². The summed E-state index contributed by atoms with van der Waals surface area (Å²) in [7, 11) is 0. The van der Waals surface area contributed by atoms with E-state index in [4.69, 9.17) is 9.15 Å². The first-order valence-corrected chi connectivity index (χ1v) is 9.77. The Morgan fingerprint density at radius 3 is 2.81 bits per heavy atom. The largest absolute Gasteiger partial charge is 0.461 e. The maximum absolute atomic E-state index is 12.4. The molecule has 1 aromatic heterocycles. The first-order valence-electron chi connectivity index (χ1n) is 9.77. The molecule has 0 aliphatic heterocycles. The highest BCUT2D eigenvalue weighted by molar-refractivity contribution is 6.07. The van der Waals surface area contributed by atoms with Crippen LogP contribution in [0.1, 0.15) is 37.7 Å². The summed E-state index contributed by atoms with van der Waals surface area (Å²) in [4.78, 5) is 24.4. The Bertz CT molecular complexity index is 1080. The van der Waals surface area contributed by atoms with Crippen molar-refractivity contribution in [2.75, 3.05) is 0 Å². The number of fused-ring (bicyclic) bond motifs is 5. The summed E-state index contributed by atoms with van der Waals surface area (Å²) in [6, 6.07) is 13.1. The van der Waals surface area contributed by atoms with Crippen molar-refractivity contribution in [1.82, 2.24) is 0 Å². The second-order valence-corrected chi connectivity index (χ2v) is 8.05. The molecule has 3 unspecified atom stereocenters. The number of hydrogen-bond donors (Lipinski definition) is 0. The van der Waals surface area contributed by atoms with Gasteiger partial charge < -0.3 is 9.15 Å². The first kappa shape index (κ1) is 16.5. The van der Waals surface area contributed by atoms with Gasteiger partial charge in [-0.15, -0.1) is 0 Å². The highest BCUT2D eigenvalue weighted by Crippen LogP contribution is 2.49. The van der Waals surface area contributed by atoms with Gasteiger partial charge in [0.15, 0.2) is 0 Å². The molecule has 0 amide bonds. The van der Waals surface area contributed by atoms with Gasteiger partial charge in [-0.3, -0.25) is 4.79 Å². The van der Waals surface area contributed by atoms with Crippen molar-refractivity contribution in [3.8, 4) is 0 Å². The van der Waals surface area contributed by atoms with E-state index in [1.54, 1.807) is 6.07 Å². The van der Waals surface area contributed by atoms with Gasteiger partial charge in [0, 0.05) is 23.4 Å². The Balaban J connectivity index is 1.40. The Hall–Kier alpha value is -2.62. The third-order valence-electron chi connectivity index (χ3n) is 6.42. The molecule has 138 valence electrons. The van der Waals surface area contributed by atoms with Crippen molar-refractivity contribution in [3.63, 3.8) is 0 Å². The monoisotopic (exact) mass is 362 g/mol. The van der Waals surface area contributed by atoms with E-state index in [2.05, 4.69) is 0 Å². The molecule has 2 saturated carbocycles. The summed E-state index contributed by atoms with van der Waals surface area (Å²) in [6.45, 7) is 0.107. The molecule has 2 aliphatic carbocycles. The third-order valence-corrected chi connectivity index (χ3v) is 6.42. The Morgan fingerprint density at radius 2 is 2.00 bits per heavy atom. The minimum Gasteiger partial charge on any atom is -0.461 e. The molecule has 2 aliphatic rings. The zero-order valence-corrected chi connectivity index (χ0v) is 15.1. The third kappa shape index (κ3) is 3.03. The summed E-state index contributed by atoms with van der Waals surface area (Å²) in [5.74, 6) is 1.85. The minimum absolute atomic E-state index is 0.107. The molecular formula is C23H22O4. The highest BCUT2D eigenvalue weighted by atomic mass is 16.5. The van der Waals surface area contributed by atoms with E-state index >= 15 is 0 Å². The molecule has 3 aromatic rings. The zero-order chi connectivity index (χ0) is 18.4. The number of rotatable bonds is 4. The molecule has 1 heterocycles. The lowest BCUT2D eigenvalue weighted by Crippen LogP contribution is -2.17. The van der Waals surface area contributed by atoms with Gasteiger partial charge in [-0.1, -0.05) is 36.8 Å². The maximum atomic E-state index is 12.4. The lowest BCUT2D eigenvalue weighted by molar-refractivity contribution is -0.146. The van der Waals surface area contributed by atoms with Crippen LogP contribution in [0, 0.1) is 17.8 Å². The van der Waals surface area contributed by atoms with Gasteiger partial charge in [0.25, 0.3) is 0 Å². The summed E-state index contributed by atoms with van der Waals surface area (Å²) in [6.07, 6.45) is 5.55. The van der Waals surface area contributed by atoms with Crippen molar-refractivity contribution >= 4 is 27.7 Å². The maximum Gasteiger partial charge on any atom is 0.336 e. The van der Waals surface area contributed by atoms with Crippen LogP contribution in [0.2, 0.25) is 0 Å². The van der Waals surface area contributed by atoms with E-state index in [1.807, 2.05) is 30.3 Å². The van der Waals surface area contributed by atoms with Crippen molar-refractivity contribution in [2.24, 2.45) is 17.8 Å². The van der Waals surface area contributed by atoms with Gasteiger partial charge >= 0.3 is 11.6 Å². The molecule has 0 saturated heterocycles. The number of hydrogen-bond acceptors (Lipinski definition) is 4. The molecule has 0 radical (unpaired) electrons. The fourth-order valence-corrected chi connectivity index (χ4v) is 5.19. The summed E-state index contributed by atoms with van der Waals surface area (Å²) >= 11 is 0. The number of carbonyl (C=O) groups excluding carboxylic acids is 1. The van der Waals surface area contributed by atoms with E-state index in [9.17, 15) is 9.59 Å². The molecule has 0 N–H and O–H groups in total. The Morgan fingerprint density at radius 1 is 1.11 bits per heavy atom. The first-order chi connectivity index (χ1) is 13.2. The second-order valence-electron chi connectivity index (χ2n) is 8.05. The molecule has 4 heteroatoms. The SMILES string of the molecule is O=C(CC1CC2CCC1C2)OCc1cc(=O)oc2ccc3ccccc3c12. The zero-order valence-electron chi connectivity index (χ0n) is 15.1. The standard InChI is InChI=1S/C23H22O4/c24-21(11-17-10-14-5-6-16(17)9-14)26-13-18-12-22(25)27-20-8-7-15-3-1-2-4-19(15)23(18)20/h1-4,7-8,12,14,16-17H,5-6,9-11,13H2. The fourth-order valence-electron chi connectivity index (χ4n) is 5.19. The lowest BCUT2D eigenvalue weighted by Gasteiger charge is -2.20. The summed E-state index contributed by atoms with van der Waals surface area (Å²) < 4.78 is 11.0. The quantitative estimate of drug-likeness (QED) is 0.379. The van der Waals surface area contributed by atoms with Gasteiger partial charge in [0.1, 0.15) is 12.2 Å². The van der Waals surface area contributed by atoms with Gasteiger partial charge in [0.2, 0.25) is 0 Å². The van der Waals surface area contributed by atoms with Crippen LogP contribution < -0.4 is 5.63 Å². The lowest BCUT2D eigenvalue weighted by atomic mass is 9.86. The smallest absolute Gasteiger partial charge is 0.336 e. The second kappa shape index (κ2) is 6.52.